The van der Waals surface area contributed by atoms with E-state index >= 15 is 0 Å². The summed E-state index contributed by atoms with van der Waals surface area (Å²) in [7, 11) is 3.26. The Hall–Kier alpha value is -5.10. The highest BCUT2D eigenvalue weighted by molar-refractivity contribution is 6.04. The van der Waals surface area contributed by atoms with E-state index < -0.39 is 0 Å². The van der Waals surface area contributed by atoms with Gasteiger partial charge in [0.2, 0.25) is 11.8 Å². The Morgan fingerprint density at radius 1 is 0.462 bits per heavy atom. The number of ether oxygens (including phenoxy) is 2. The van der Waals surface area contributed by atoms with Crippen LogP contribution in [0.4, 0.5) is 0 Å². The number of pyridine rings is 4. The predicted molar refractivity (Wildman–Crippen MR) is 156 cm³/mol. The van der Waals surface area contributed by atoms with Gasteiger partial charge in [-0.3, -0.25) is 0 Å². The predicted octanol–water partition coefficient (Wildman–Crippen LogP) is 7.54. The molecule has 0 aliphatic heterocycles. The second-order valence-electron chi connectivity index (χ2n) is 9.55. The van der Waals surface area contributed by atoms with Crippen LogP contribution < -0.4 is 9.47 Å². The molecule has 3 aromatic carbocycles. The summed E-state index contributed by atoms with van der Waals surface area (Å²) in [5, 5.41) is 4.14. The maximum Gasteiger partial charge on any atom is 0.213 e. The molecule has 6 heteroatoms. The van der Waals surface area contributed by atoms with Gasteiger partial charge in [0, 0.05) is 44.8 Å². The van der Waals surface area contributed by atoms with Crippen molar-refractivity contribution in [3.05, 3.63) is 96.6 Å². The van der Waals surface area contributed by atoms with Gasteiger partial charge in [0.1, 0.15) is 11.0 Å². The first-order chi connectivity index (χ1) is 19.1. The van der Waals surface area contributed by atoms with Crippen molar-refractivity contribution >= 4 is 43.6 Å². The highest BCUT2D eigenvalue weighted by Gasteiger charge is 2.12. The normalized spacial score (nSPS) is 11.5. The number of hydrogen-bond donors (Lipinski definition) is 0. The molecule has 0 amide bonds. The highest BCUT2D eigenvalue weighted by atomic mass is 16.5. The number of methoxy groups -OCH3 is 2. The van der Waals surface area contributed by atoms with Crippen LogP contribution in [0.25, 0.3) is 66.1 Å². The van der Waals surface area contributed by atoms with Gasteiger partial charge in [0.15, 0.2) is 0 Å². The summed E-state index contributed by atoms with van der Waals surface area (Å²) in [4.78, 5) is 19.4. The summed E-state index contributed by atoms with van der Waals surface area (Å²) < 4.78 is 10.7. The molecule has 0 N–H and O–H groups in total. The first kappa shape index (κ1) is 23.0. The van der Waals surface area contributed by atoms with E-state index in [0.717, 1.165) is 71.7 Å². The van der Waals surface area contributed by atoms with Crippen LogP contribution in [0.5, 0.6) is 11.8 Å². The standard InChI is InChI=1S/C33H24N4O2/c1-19-18-24(26-14-9-20-4-6-22-11-16-28(38-2)36-32(22)30(20)34-26)8-13-25(19)27-15-10-21-5-7-23-12-17-29(39-3)37-33(23)31(21)35-27/h4-18H,1-3H3. The van der Waals surface area contributed by atoms with E-state index in [2.05, 4.69) is 83.6 Å². The number of benzene rings is 3. The first-order valence-electron chi connectivity index (χ1n) is 12.7. The number of aryl methyl sites for hydroxylation is 1. The third-order valence-corrected chi connectivity index (χ3v) is 7.20. The Labute approximate surface area is 224 Å². The molecule has 0 fully saturated rings. The molecule has 0 spiro atoms. The maximum absolute atomic E-state index is 5.37. The Morgan fingerprint density at radius 2 is 0.897 bits per heavy atom. The Morgan fingerprint density at radius 3 is 1.41 bits per heavy atom. The molecule has 0 bridgehead atoms. The van der Waals surface area contributed by atoms with Crippen LogP contribution in [0, 0.1) is 6.92 Å². The molecule has 0 radical (unpaired) electrons. The van der Waals surface area contributed by atoms with Crippen molar-refractivity contribution in [2.45, 2.75) is 6.92 Å². The Balaban J connectivity index is 1.33. The molecule has 4 aromatic heterocycles. The van der Waals surface area contributed by atoms with Crippen molar-refractivity contribution in [2.75, 3.05) is 14.2 Å². The Kier molecular flexibility index (Phi) is 5.33. The number of aromatic nitrogens is 4. The molecule has 6 nitrogen and oxygen atoms in total. The molecule has 7 aromatic rings. The van der Waals surface area contributed by atoms with E-state index in [-0.39, 0.29) is 0 Å². The number of fused-ring (bicyclic) bond motifs is 6. The quantitative estimate of drug-likeness (QED) is 0.229. The zero-order chi connectivity index (χ0) is 26.5. The van der Waals surface area contributed by atoms with Gasteiger partial charge in [-0.1, -0.05) is 48.5 Å². The summed E-state index contributed by atoms with van der Waals surface area (Å²) in [6, 6.07) is 30.8. The monoisotopic (exact) mass is 508 g/mol. The summed E-state index contributed by atoms with van der Waals surface area (Å²) >= 11 is 0. The van der Waals surface area contributed by atoms with Crippen LogP contribution in [0.15, 0.2) is 91.0 Å². The van der Waals surface area contributed by atoms with Gasteiger partial charge in [-0.15, -0.1) is 0 Å². The topological polar surface area (TPSA) is 70.0 Å². The molecule has 0 aliphatic rings. The van der Waals surface area contributed by atoms with Crippen LogP contribution in [0.1, 0.15) is 5.56 Å². The molecular formula is C33H24N4O2. The van der Waals surface area contributed by atoms with E-state index in [1.165, 1.54) is 0 Å². The molecule has 39 heavy (non-hydrogen) atoms. The zero-order valence-corrected chi connectivity index (χ0v) is 21.8. The van der Waals surface area contributed by atoms with Gasteiger partial charge < -0.3 is 9.47 Å². The smallest absolute Gasteiger partial charge is 0.213 e. The van der Waals surface area contributed by atoms with Crippen molar-refractivity contribution < 1.29 is 9.47 Å². The summed E-state index contributed by atoms with van der Waals surface area (Å²) in [5.41, 5.74) is 8.40. The first-order valence-corrected chi connectivity index (χ1v) is 12.7. The molecular weight excluding hydrogens is 484 g/mol. The third kappa shape index (κ3) is 3.89. The van der Waals surface area contributed by atoms with Crippen molar-refractivity contribution in [1.82, 2.24) is 19.9 Å². The van der Waals surface area contributed by atoms with Gasteiger partial charge in [-0.05, 0) is 42.8 Å². The fourth-order valence-corrected chi connectivity index (χ4v) is 5.15. The van der Waals surface area contributed by atoms with E-state index in [0.29, 0.717) is 11.8 Å². The fraction of sp³-hybridized carbons (Fsp3) is 0.0909. The Bertz CT molecular complexity index is 2070. The lowest BCUT2D eigenvalue weighted by molar-refractivity contribution is 0.399. The minimum Gasteiger partial charge on any atom is -0.481 e. The molecule has 0 atom stereocenters. The van der Waals surface area contributed by atoms with Crippen LogP contribution in [-0.4, -0.2) is 34.2 Å². The molecule has 4 heterocycles. The van der Waals surface area contributed by atoms with E-state index in [9.17, 15) is 0 Å². The van der Waals surface area contributed by atoms with Crippen LogP contribution in [-0.2, 0) is 0 Å². The molecule has 0 saturated heterocycles. The second-order valence-corrected chi connectivity index (χ2v) is 9.55. The summed E-state index contributed by atoms with van der Waals surface area (Å²) in [6.45, 7) is 2.11. The van der Waals surface area contributed by atoms with Gasteiger partial charge >= 0.3 is 0 Å². The lowest BCUT2D eigenvalue weighted by atomic mass is 9.99. The van der Waals surface area contributed by atoms with E-state index in [4.69, 9.17) is 19.4 Å². The molecule has 188 valence electrons. The fourth-order valence-electron chi connectivity index (χ4n) is 5.15. The van der Waals surface area contributed by atoms with Crippen LogP contribution in [0.2, 0.25) is 0 Å². The SMILES string of the molecule is COc1ccc2ccc3ccc(-c4ccc(-c5ccc6ccc7ccc(OC)nc7c6n5)c(C)c4)nc3c2n1. The highest BCUT2D eigenvalue weighted by Crippen LogP contribution is 2.32. The third-order valence-electron chi connectivity index (χ3n) is 7.20. The molecule has 0 aliphatic carbocycles. The van der Waals surface area contributed by atoms with Crippen LogP contribution in [0.3, 0.4) is 0 Å². The van der Waals surface area contributed by atoms with Gasteiger partial charge in [0.05, 0.1) is 36.6 Å². The minimum atomic E-state index is 0.576. The average molecular weight is 509 g/mol. The van der Waals surface area contributed by atoms with Gasteiger partial charge in [0.25, 0.3) is 0 Å². The lowest BCUT2D eigenvalue weighted by Gasteiger charge is -2.11. The van der Waals surface area contributed by atoms with Gasteiger partial charge in [-0.2, -0.15) is 0 Å². The maximum atomic E-state index is 5.37. The minimum absolute atomic E-state index is 0.576. The molecule has 7 rings (SSSR count). The van der Waals surface area contributed by atoms with E-state index in [1.807, 2.05) is 24.3 Å². The van der Waals surface area contributed by atoms with Crippen molar-refractivity contribution in [2.24, 2.45) is 0 Å². The van der Waals surface area contributed by atoms with Crippen molar-refractivity contribution in [3.63, 3.8) is 0 Å². The number of nitrogens with zero attached hydrogens (tertiary/aromatic N) is 4. The largest absolute Gasteiger partial charge is 0.481 e. The van der Waals surface area contributed by atoms with Crippen molar-refractivity contribution in [1.29, 1.82) is 0 Å². The number of hydrogen-bond acceptors (Lipinski definition) is 6. The lowest BCUT2D eigenvalue weighted by Crippen LogP contribution is -1.94. The summed E-state index contributed by atoms with van der Waals surface area (Å²) in [5.74, 6) is 1.15. The second kappa shape index (κ2) is 9.03. The average Bonchev–Trinajstić information content (AvgIpc) is 2.99. The zero-order valence-electron chi connectivity index (χ0n) is 21.8. The molecule has 0 unspecified atom stereocenters. The van der Waals surface area contributed by atoms with Gasteiger partial charge in [-0.25, -0.2) is 19.9 Å². The van der Waals surface area contributed by atoms with E-state index in [1.54, 1.807) is 14.2 Å². The molecule has 0 saturated carbocycles. The van der Waals surface area contributed by atoms with Crippen molar-refractivity contribution in [3.8, 4) is 34.3 Å². The van der Waals surface area contributed by atoms with Crippen LogP contribution >= 0.6 is 0 Å². The number of rotatable bonds is 4. The summed E-state index contributed by atoms with van der Waals surface area (Å²) in [6.07, 6.45) is 0.